The summed E-state index contributed by atoms with van der Waals surface area (Å²) in [7, 11) is 0. The van der Waals surface area contributed by atoms with Gasteiger partial charge in [-0.1, -0.05) is 0 Å². The first-order chi connectivity index (χ1) is 6.84. The van der Waals surface area contributed by atoms with Gasteiger partial charge in [0.05, 0.1) is 10.5 Å². The van der Waals surface area contributed by atoms with Crippen molar-refractivity contribution in [3.05, 3.63) is 17.1 Å². The van der Waals surface area contributed by atoms with Crippen LogP contribution >= 0.6 is 11.3 Å². The van der Waals surface area contributed by atoms with Crippen LogP contribution in [-0.2, 0) is 0 Å². The summed E-state index contributed by atoms with van der Waals surface area (Å²) in [6.07, 6.45) is 0. The molecular weight excluding hydrogens is 198 g/mol. The van der Waals surface area contributed by atoms with Crippen molar-refractivity contribution in [2.45, 2.75) is 6.92 Å². The van der Waals surface area contributed by atoms with E-state index in [9.17, 15) is 0 Å². The van der Waals surface area contributed by atoms with Crippen LogP contribution in [0.4, 0.5) is 0 Å². The minimum Gasteiger partial charge on any atom is -0.486 e. The first-order valence-corrected chi connectivity index (χ1v) is 5.32. The number of ether oxygens (including phenoxy) is 2. The number of benzene rings is 1. The quantitative estimate of drug-likeness (QED) is 0.664. The predicted molar refractivity (Wildman–Crippen MR) is 55.3 cm³/mol. The third-order valence-electron chi connectivity index (χ3n) is 2.17. The van der Waals surface area contributed by atoms with Gasteiger partial charge in [-0.15, -0.1) is 11.3 Å². The van der Waals surface area contributed by atoms with Gasteiger partial charge in [-0.2, -0.15) is 0 Å². The van der Waals surface area contributed by atoms with Crippen LogP contribution in [0, 0.1) is 6.92 Å². The van der Waals surface area contributed by atoms with Gasteiger partial charge in [0.25, 0.3) is 0 Å². The summed E-state index contributed by atoms with van der Waals surface area (Å²) >= 11 is 1.65. The van der Waals surface area contributed by atoms with E-state index in [2.05, 4.69) is 4.98 Å². The van der Waals surface area contributed by atoms with E-state index in [1.807, 2.05) is 19.1 Å². The lowest BCUT2D eigenvalue weighted by atomic mass is 10.3. The van der Waals surface area contributed by atoms with E-state index in [4.69, 9.17) is 9.47 Å². The Balaban J connectivity index is 2.33. The van der Waals surface area contributed by atoms with E-state index in [0.29, 0.717) is 13.2 Å². The lowest BCUT2D eigenvalue weighted by Crippen LogP contribution is -2.15. The average Bonchev–Trinajstić information content (AvgIpc) is 2.59. The summed E-state index contributed by atoms with van der Waals surface area (Å²) in [5, 5.41) is 1.06. The van der Waals surface area contributed by atoms with Gasteiger partial charge >= 0.3 is 0 Å². The molecule has 1 aliphatic rings. The molecular formula is C10H9NO2S. The molecule has 72 valence electrons. The van der Waals surface area contributed by atoms with Crippen molar-refractivity contribution >= 4 is 21.6 Å². The molecule has 0 amide bonds. The molecule has 0 saturated carbocycles. The molecule has 3 rings (SSSR count). The normalized spacial score (nSPS) is 14.6. The van der Waals surface area contributed by atoms with Crippen molar-refractivity contribution in [2.24, 2.45) is 0 Å². The van der Waals surface area contributed by atoms with Crippen LogP contribution in [0.2, 0.25) is 0 Å². The first kappa shape index (κ1) is 8.05. The highest BCUT2D eigenvalue weighted by molar-refractivity contribution is 7.18. The van der Waals surface area contributed by atoms with Gasteiger partial charge < -0.3 is 9.47 Å². The second-order valence-corrected chi connectivity index (χ2v) is 4.37. The molecule has 1 aliphatic heterocycles. The Hall–Kier alpha value is -1.29. The predicted octanol–water partition coefficient (Wildman–Crippen LogP) is 2.38. The van der Waals surface area contributed by atoms with Gasteiger partial charge in [0, 0.05) is 0 Å². The van der Waals surface area contributed by atoms with Crippen LogP contribution < -0.4 is 9.47 Å². The third-order valence-corrected chi connectivity index (χ3v) is 3.16. The van der Waals surface area contributed by atoms with Gasteiger partial charge in [0.15, 0.2) is 11.5 Å². The van der Waals surface area contributed by atoms with Crippen molar-refractivity contribution in [1.82, 2.24) is 4.98 Å². The highest BCUT2D eigenvalue weighted by Gasteiger charge is 2.16. The number of hydrogen-bond acceptors (Lipinski definition) is 4. The van der Waals surface area contributed by atoms with Crippen LogP contribution in [0.15, 0.2) is 12.1 Å². The number of rotatable bonds is 0. The van der Waals surface area contributed by atoms with Crippen molar-refractivity contribution in [3.63, 3.8) is 0 Å². The third kappa shape index (κ3) is 1.07. The lowest BCUT2D eigenvalue weighted by Gasteiger charge is -2.18. The van der Waals surface area contributed by atoms with Gasteiger partial charge in [0.2, 0.25) is 0 Å². The standard InChI is InChI=1S/C10H9NO2S/c1-6-11-7-2-3-8-9(10(7)14-6)13-5-4-12-8/h2-3H,4-5H2,1H3. The molecule has 14 heavy (non-hydrogen) atoms. The summed E-state index contributed by atoms with van der Waals surface area (Å²) in [5.74, 6) is 1.70. The van der Waals surface area contributed by atoms with Crippen molar-refractivity contribution in [2.75, 3.05) is 13.2 Å². The molecule has 2 heterocycles. The van der Waals surface area contributed by atoms with Crippen molar-refractivity contribution in [3.8, 4) is 11.5 Å². The first-order valence-electron chi connectivity index (χ1n) is 4.50. The Morgan fingerprint density at radius 3 is 3.07 bits per heavy atom. The van der Waals surface area contributed by atoms with Crippen LogP contribution in [-0.4, -0.2) is 18.2 Å². The van der Waals surface area contributed by atoms with E-state index >= 15 is 0 Å². The van der Waals surface area contributed by atoms with Gasteiger partial charge in [-0.25, -0.2) is 4.98 Å². The minimum atomic E-state index is 0.628. The van der Waals surface area contributed by atoms with Crippen LogP contribution in [0.25, 0.3) is 10.2 Å². The molecule has 0 bridgehead atoms. The maximum Gasteiger partial charge on any atom is 0.180 e. The molecule has 2 aromatic rings. The Kier molecular flexibility index (Phi) is 1.64. The number of fused-ring (bicyclic) bond motifs is 3. The fourth-order valence-corrected chi connectivity index (χ4v) is 2.52. The lowest BCUT2D eigenvalue weighted by molar-refractivity contribution is 0.174. The maximum atomic E-state index is 5.60. The average molecular weight is 207 g/mol. The number of aryl methyl sites for hydroxylation is 1. The number of thiazole rings is 1. The molecule has 0 aliphatic carbocycles. The monoisotopic (exact) mass is 207 g/mol. The second-order valence-electron chi connectivity index (χ2n) is 3.17. The molecule has 1 aromatic carbocycles. The molecule has 0 unspecified atom stereocenters. The van der Waals surface area contributed by atoms with Crippen LogP contribution in [0.3, 0.4) is 0 Å². The highest BCUT2D eigenvalue weighted by atomic mass is 32.1. The van der Waals surface area contributed by atoms with Crippen molar-refractivity contribution < 1.29 is 9.47 Å². The van der Waals surface area contributed by atoms with E-state index < -0.39 is 0 Å². The molecule has 4 heteroatoms. The van der Waals surface area contributed by atoms with Crippen LogP contribution in [0.5, 0.6) is 11.5 Å². The van der Waals surface area contributed by atoms with Gasteiger partial charge in [0.1, 0.15) is 17.9 Å². The number of hydrogen-bond donors (Lipinski definition) is 0. The fraction of sp³-hybridized carbons (Fsp3) is 0.300. The zero-order valence-corrected chi connectivity index (χ0v) is 8.56. The Morgan fingerprint density at radius 2 is 2.14 bits per heavy atom. The smallest absolute Gasteiger partial charge is 0.180 e. The van der Waals surface area contributed by atoms with Crippen molar-refractivity contribution in [1.29, 1.82) is 0 Å². The van der Waals surface area contributed by atoms with Gasteiger partial charge in [-0.3, -0.25) is 0 Å². The summed E-state index contributed by atoms with van der Waals surface area (Å²) in [5.41, 5.74) is 0.997. The Bertz CT molecular complexity index is 492. The molecule has 0 fully saturated rings. The summed E-state index contributed by atoms with van der Waals surface area (Å²) < 4.78 is 12.2. The van der Waals surface area contributed by atoms with E-state index in [1.54, 1.807) is 11.3 Å². The molecule has 1 aromatic heterocycles. The summed E-state index contributed by atoms with van der Waals surface area (Å²) in [6, 6.07) is 3.91. The highest BCUT2D eigenvalue weighted by Crippen LogP contribution is 2.40. The molecule has 0 radical (unpaired) electrons. The maximum absolute atomic E-state index is 5.60. The molecule has 0 saturated heterocycles. The number of aromatic nitrogens is 1. The largest absolute Gasteiger partial charge is 0.486 e. The topological polar surface area (TPSA) is 31.4 Å². The molecule has 0 atom stereocenters. The van der Waals surface area contributed by atoms with E-state index in [0.717, 1.165) is 26.7 Å². The Labute approximate surface area is 85.3 Å². The van der Waals surface area contributed by atoms with Gasteiger partial charge in [-0.05, 0) is 19.1 Å². The van der Waals surface area contributed by atoms with E-state index in [1.165, 1.54) is 0 Å². The molecule has 3 nitrogen and oxygen atoms in total. The minimum absolute atomic E-state index is 0.628. The second kappa shape index (κ2) is 2.85. The summed E-state index contributed by atoms with van der Waals surface area (Å²) in [6.45, 7) is 3.26. The summed E-state index contributed by atoms with van der Waals surface area (Å²) in [4.78, 5) is 4.40. The van der Waals surface area contributed by atoms with Crippen LogP contribution in [0.1, 0.15) is 5.01 Å². The SMILES string of the molecule is Cc1nc2ccc3c(c2s1)OCCO3. The number of nitrogens with zero attached hydrogens (tertiary/aromatic N) is 1. The zero-order valence-electron chi connectivity index (χ0n) is 7.74. The molecule has 0 spiro atoms. The zero-order chi connectivity index (χ0) is 9.54. The van der Waals surface area contributed by atoms with E-state index in [-0.39, 0.29) is 0 Å². The fourth-order valence-electron chi connectivity index (χ4n) is 1.61. The Morgan fingerprint density at radius 1 is 1.29 bits per heavy atom. The molecule has 0 N–H and O–H groups in total.